The standard InChI is InChI=1S/C14H17N5O2/c1-18-9-15-7-12(18)10-3-2-6-19(8-10)14-16-5-4-11(17-14)13(20)21/h4-5,7,9-10H,2-3,6,8H2,1H3,(H,20,21). The van der Waals surface area contributed by atoms with Gasteiger partial charge in [-0.3, -0.25) is 0 Å². The Bertz CT molecular complexity index is 654. The molecule has 1 atom stereocenters. The lowest BCUT2D eigenvalue weighted by atomic mass is 9.95. The molecule has 2 aromatic heterocycles. The molecule has 3 rings (SSSR count). The van der Waals surface area contributed by atoms with Gasteiger partial charge in [-0.05, 0) is 18.9 Å². The first-order valence-corrected chi connectivity index (χ1v) is 6.92. The lowest BCUT2D eigenvalue weighted by Crippen LogP contribution is -2.36. The van der Waals surface area contributed by atoms with E-state index in [1.165, 1.54) is 18.0 Å². The van der Waals surface area contributed by atoms with E-state index in [1.54, 1.807) is 6.33 Å². The van der Waals surface area contributed by atoms with Crippen LogP contribution in [0.4, 0.5) is 5.95 Å². The molecule has 7 heteroatoms. The third-order valence-corrected chi connectivity index (χ3v) is 3.84. The second-order valence-electron chi connectivity index (χ2n) is 5.26. The maximum absolute atomic E-state index is 11.0. The summed E-state index contributed by atoms with van der Waals surface area (Å²) in [5.74, 6) is -0.177. The minimum Gasteiger partial charge on any atom is -0.477 e. The van der Waals surface area contributed by atoms with Crippen molar-refractivity contribution in [3.8, 4) is 0 Å². The molecular weight excluding hydrogens is 270 g/mol. The van der Waals surface area contributed by atoms with Gasteiger partial charge in [0.1, 0.15) is 0 Å². The Morgan fingerprint density at radius 1 is 1.48 bits per heavy atom. The highest BCUT2D eigenvalue weighted by atomic mass is 16.4. The van der Waals surface area contributed by atoms with E-state index in [-0.39, 0.29) is 5.69 Å². The number of piperidine rings is 1. The summed E-state index contributed by atoms with van der Waals surface area (Å²) in [5, 5.41) is 9.03. The summed E-state index contributed by atoms with van der Waals surface area (Å²) in [6.07, 6.45) is 7.31. The van der Waals surface area contributed by atoms with Gasteiger partial charge in [-0.15, -0.1) is 0 Å². The normalized spacial score (nSPS) is 18.7. The fourth-order valence-electron chi connectivity index (χ4n) is 2.78. The number of aryl methyl sites for hydroxylation is 1. The second kappa shape index (κ2) is 5.51. The van der Waals surface area contributed by atoms with Crippen molar-refractivity contribution < 1.29 is 9.90 Å². The Labute approximate surface area is 122 Å². The molecule has 0 amide bonds. The van der Waals surface area contributed by atoms with Crippen LogP contribution < -0.4 is 4.90 Å². The molecule has 1 unspecified atom stereocenters. The van der Waals surface area contributed by atoms with Crippen molar-refractivity contribution in [2.24, 2.45) is 7.05 Å². The summed E-state index contributed by atoms with van der Waals surface area (Å²) in [6.45, 7) is 1.63. The molecule has 1 fully saturated rings. The molecule has 1 aliphatic heterocycles. The van der Waals surface area contributed by atoms with Gasteiger partial charge in [-0.25, -0.2) is 19.7 Å². The number of hydrogen-bond acceptors (Lipinski definition) is 5. The number of anilines is 1. The molecule has 0 spiro atoms. The van der Waals surface area contributed by atoms with E-state index < -0.39 is 5.97 Å². The summed E-state index contributed by atoms with van der Waals surface area (Å²) in [6, 6.07) is 1.41. The topological polar surface area (TPSA) is 84.1 Å². The average molecular weight is 287 g/mol. The van der Waals surface area contributed by atoms with Crippen molar-refractivity contribution in [1.29, 1.82) is 0 Å². The number of carboxylic acids is 1. The Morgan fingerprint density at radius 3 is 3.05 bits per heavy atom. The SMILES string of the molecule is Cn1cncc1C1CCCN(c2nccc(C(=O)O)n2)C1. The van der Waals surface area contributed by atoms with Crippen molar-refractivity contribution in [3.63, 3.8) is 0 Å². The molecule has 0 bridgehead atoms. The zero-order chi connectivity index (χ0) is 14.8. The highest BCUT2D eigenvalue weighted by Crippen LogP contribution is 2.28. The first kappa shape index (κ1) is 13.5. The molecule has 0 aliphatic carbocycles. The highest BCUT2D eigenvalue weighted by molar-refractivity contribution is 5.85. The summed E-state index contributed by atoms with van der Waals surface area (Å²) < 4.78 is 2.03. The molecule has 21 heavy (non-hydrogen) atoms. The molecule has 0 radical (unpaired) electrons. The monoisotopic (exact) mass is 287 g/mol. The van der Waals surface area contributed by atoms with E-state index in [0.717, 1.165) is 25.9 Å². The number of carbonyl (C=O) groups is 1. The zero-order valence-electron chi connectivity index (χ0n) is 11.8. The number of imidazole rings is 1. The third-order valence-electron chi connectivity index (χ3n) is 3.84. The molecule has 2 aromatic rings. The fourth-order valence-corrected chi connectivity index (χ4v) is 2.78. The lowest BCUT2D eigenvalue weighted by molar-refractivity contribution is 0.0690. The summed E-state index contributed by atoms with van der Waals surface area (Å²) in [4.78, 5) is 25.6. The number of carboxylic acid groups (broad SMARTS) is 1. The number of aromatic carboxylic acids is 1. The minimum absolute atomic E-state index is 0.0302. The van der Waals surface area contributed by atoms with Crippen molar-refractivity contribution in [2.45, 2.75) is 18.8 Å². The van der Waals surface area contributed by atoms with Gasteiger partial charge in [0.15, 0.2) is 5.69 Å². The van der Waals surface area contributed by atoms with Crippen molar-refractivity contribution in [2.75, 3.05) is 18.0 Å². The van der Waals surface area contributed by atoms with Gasteiger partial charge in [-0.1, -0.05) is 0 Å². The predicted octanol–water partition coefficient (Wildman–Crippen LogP) is 1.29. The first-order chi connectivity index (χ1) is 10.1. The maximum atomic E-state index is 11.0. The van der Waals surface area contributed by atoms with E-state index >= 15 is 0 Å². The van der Waals surface area contributed by atoms with E-state index in [9.17, 15) is 4.79 Å². The van der Waals surface area contributed by atoms with Crippen LogP contribution in [0.25, 0.3) is 0 Å². The number of nitrogens with zero attached hydrogens (tertiary/aromatic N) is 5. The molecule has 0 aromatic carbocycles. The van der Waals surface area contributed by atoms with E-state index in [2.05, 4.69) is 15.0 Å². The second-order valence-corrected chi connectivity index (χ2v) is 5.26. The van der Waals surface area contributed by atoms with Crippen LogP contribution in [0.2, 0.25) is 0 Å². The highest BCUT2D eigenvalue weighted by Gasteiger charge is 2.25. The van der Waals surface area contributed by atoms with Crippen LogP contribution in [0.5, 0.6) is 0 Å². The van der Waals surface area contributed by atoms with E-state index in [0.29, 0.717) is 11.9 Å². The quantitative estimate of drug-likeness (QED) is 0.915. The third kappa shape index (κ3) is 2.72. The minimum atomic E-state index is -1.03. The van der Waals surface area contributed by atoms with Crippen LogP contribution in [-0.2, 0) is 7.05 Å². The van der Waals surface area contributed by atoms with Gasteiger partial charge in [0.25, 0.3) is 0 Å². The Hall–Kier alpha value is -2.44. The largest absolute Gasteiger partial charge is 0.477 e. The van der Waals surface area contributed by atoms with Crippen LogP contribution in [0, 0.1) is 0 Å². The molecule has 1 saturated heterocycles. The van der Waals surface area contributed by atoms with Crippen molar-refractivity contribution in [1.82, 2.24) is 19.5 Å². The van der Waals surface area contributed by atoms with Gasteiger partial charge < -0.3 is 14.6 Å². The number of aromatic nitrogens is 4. The number of hydrogen-bond donors (Lipinski definition) is 1. The molecule has 7 nitrogen and oxygen atoms in total. The predicted molar refractivity (Wildman–Crippen MR) is 76.4 cm³/mol. The van der Waals surface area contributed by atoms with Crippen LogP contribution in [0.3, 0.4) is 0 Å². The molecular formula is C14H17N5O2. The van der Waals surface area contributed by atoms with Crippen LogP contribution in [0.1, 0.15) is 34.9 Å². The van der Waals surface area contributed by atoms with Crippen LogP contribution >= 0.6 is 0 Å². The summed E-state index contributed by atoms with van der Waals surface area (Å²) in [7, 11) is 1.99. The van der Waals surface area contributed by atoms with Crippen molar-refractivity contribution >= 4 is 11.9 Å². The molecule has 0 saturated carbocycles. The van der Waals surface area contributed by atoms with Gasteiger partial charge in [0.2, 0.25) is 5.95 Å². The molecule has 1 aliphatic rings. The Morgan fingerprint density at radius 2 is 2.33 bits per heavy atom. The first-order valence-electron chi connectivity index (χ1n) is 6.92. The van der Waals surface area contributed by atoms with Gasteiger partial charge in [0, 0.05) is 44.1 Å². The molecule has 1 N–H and O–H groups in total. The van der Waals surface area contributed by atoms with Gasteiger partial charge in [0.05, 0.1) is 6.33 Å². The lowest BCUT2D eigenvalue weighted by Gasteiger charge is -2.32. The van der Waals surface area contributed by atoms with E-state index in [1.807, 2.05) is 22.7 Å². The number of rotatable bonds is 3. The smallest absolute Gasteiger partial charge is 0.354 e. The zero-order valence-corrected chi connectivity index (χ0v) is 11.8. The summed E-state index contributed by atoms with van der Waals surface area (Å²) >= 11 is 0. The summed E-state index contributed by atoms with van der Waals surface area (Å²) in [5.41, 5.74) is 1.22. The van der Waals surface area contributed by atoms with E-state index in [4.69, 9.17) is 5.11 Å². The van der Waals surface area contributed by atoms with Crippen LogP contribution in [0.15, 0.2) is 24.8 Å². The van der Waals surface area contributed by atoms with Gasteiger partial charge >= 0.3 is 5.97 Å². The molecule has 3 heterocycles. The average Bonchev–Trinajstić information content (AvgIpc) is 2.94. The fraction of sp³-hybridized carbons (Fsp3) is 0.429. The van der Waals surface area contributed by atoms with Crippen molar-refractivity contribution in [3.05, 3.63) is 36.2 Å². The van der Waals surface area contributed by atoms with Crippen LogP contribution in [-0.4, -0.2) is 43.7 Å². The Balaban J connectivity index is 1.81. The van der Waals surface area contributed by atoms with Gasteiger partial charge in [-0.2, -0.15) is 0 Å². The Kier molecular flexibility index (Phi) is 3.55. The maximum Gasteiger partial charge on any atom is 0.354 e. The molecule has 110 valence electrons.